The first kappa shape index (κ1) is 18.3. The van der Waals surface area contributed by atoms with Crippen LogP contribution in [0, 0.1) is 11.6 Å². The van der Waals surface area contributed by atoms with Gasteiger partial charge in [0, 0.05) is 33.3 Å². The van der Waals surface area contributed by atoms with Crippen LogP contribution in [0.2, 0.25) is 0 Å². The van der Waals surface area contributed by atoms with Crippen LogP contribution in [0.4, 0.5) is 8.78 Å². The molecule has 0 unspecified atom stereocenters. The Kier molecular flexibility index (Phi) is 6.62. The van der Waals surface area contributed by atoms with E-state index in [9.17, 15) is 18.4 Å². The zero-order valence-electron chi connectivity index (χ0n) is 13.5. The second-order valence-electron chi connectivity index (χ2n) is 5.57. The maximum Gasteiger partial charge on any atom is 0.237 e. The molecule has 1 aliphatic heterocycles. The van der Waals surface area contributed by atoms with Crippen LogP contribution >= 0.6 is 0 Å². The number of carbonyl (C=O) groups excluding carboxylic acids is 2. The van der Waals surface area contributed by atoms with Gasteiger partial charge < -0.3 is 15.4 Å². The van der Waals surface area contributed by atoms with E-state index >= 15 is 0 Å². The molecule has 1 aromatic carbocycles. The summed E-state index contributed by atoms with van der Waals surface area (Å²) in [6.07, 6.45) is -0.000769. The predicted octanol–water partition coefficient (Wildman–Crippen LogP) is 0.418. The Hall–Kier alpha value is -2.06. The van der Waals surface area contributed by atoms with E-state index in [2.05, 4.69) is 10.6 Å². The summed E-state index contributed by atoms with van der Waals surface area (Å²) < 4.78 is 31.2. The maximum absolute atomic E-state index is 13.3. The first-order valence-electron chi connectivity index (χ1n) is 7.72. The molecule has 0 bridgehead atoms. The molecule has 1 aliphatic rings. The van der Waals surface area contributed by atoms with Crippen molar-refractivity contribution >= 4 is 11.8 Å². The number of benzene rings is 1. The third kappa shape index (κ3) is 4.97. The Labute approximate surface area is 139 Å². The average Bonchev–Trinajstić information content (AvgIpc) is 2.54. The van der Waals surface area contributed by atoms with E-state index in [0.717, 1.165) is 12.1 Å². The molecule has 1 atom stereocenters. The van der Waals surface area contributed by atoms with Gasteiger partial charge in [-0.15, -0.1) is 0 Å². The number of carbonyl (C=O) groups is 2. The Morgan fingerprint density at radius 2 is 2.21 bits per heavy atom. The van der Waals surface area contributed by atoms with Gasteiger partial charge in [-0.25, -0.2) is 8.78 Å². The summed E-state index contributed by atoms with van der Waals surface area (Å²) in [5, 5.41) is 5.39. The molecule has 1 fully saturated rings. The van der Waals surface area contributed by atoms with Gasteiger partial charge in [-0.2, -0.15) is 0 Å². The lowest BCUT2D eigenvalue weighted by Crippen LogP contribution is -2.56. The molecule has 0 saturated carbocycles. The SMILES string of the molecule is COCCNC(=O)C[C@H]1C(=O)NCCN1Cc1ccc(F)c(F)c1. The Morgan fingerprint density at radius 3 is 2.92 bits per heavy atom. The molecule has 132 valence electrons. The van der Waals surface area contributed by atoms with Gasteiger partial charge in [0.15, 0.2) is 11.6 Å². The third-order valence-corrected chi connectivity index (χ3v) is 3.82. The lowest BCUT2D eigenvalue weighted by molar-refractivity contribution is -0.134. The van der Waals surface area contributed by atoms with Crippen molar-refractivity contribution in [3.8, 4) is 0 Å². The first-order valence-corrected chi connectivity index (χ1v) is 7.72. The second-order valence-corrected chi connectivity index (χ2v) is 5.57. The number of hydrogen-bond donors (Lipinski definition) is 2. The molecule has 0 aromatic heterocycles. The average molecular weight is 341 g/mol. The lowest BCUT2D eigenvalue weighted by atomic mass is 10.1. The molecule has 6 nitrogen and oxygen atoms in total. The van der Waals surface area contributed by atoms with Crippen LogP contribution in [-0.2, 0) is 20.9 Å². The minimum absolute atomic E-state index is 0.000769. The van der Waals surface area contributed by atoms with Crippen LogP contribution in [0.15, 0.2) is 18.2 Å². The monoisotopic (exact) mass is 341 g/mol. The van der Waals surface area contributed by atoms with Crippen LogP contribution in [0.5, 0.6) is 0 Å². The largest absolute Gasteiger partial charge is 0.383 e. The summed E-state index contributed by atoms with van der Waals surface area (Å²) in [4.78, 5) is 25.8. The summed E-state index contributed by atoms with van der Waals surface area (Å²) in [6.45, 7) is 2.00. The van der Waals surface area contributed by atoms with Gasteiger partial charge in [-0.3, -0.25) is 14.5 Å². The number of halogens is 2. The first-order chi connectivity index (χ1) is 11.5. The molecular formula is C16H21F2N3O3. The summed E-state index contributed by atoms with van der Waals surface area (Å²) >= 11 is 0. The number of ether oxygens (including phenoxy) is 1. The van der Waals surface area contributed by atoms with Gasteiger partial charge >= 0.3 is 0 Å². The molecular weight excluding hydrogens is 320 g/mol. The highest BCUT2D eigenvalue weighted by Crippen LogP contribution is 2.16. The predicted molar refractivity (Wildman–Crippen MR) is 83.1 cm³/mol. The van der Waals surface area contributed by atoms with E-state index in [1.165, 1.54) is 13.2 Å². The summed E-state index contributed by atoms with van der Waals surface area (Å²) in [5.74, 6) is -2.35. The maximum atomic E-state index is 13.3. The van der Waals surface area contributed by atoms with Crippen molar-refractivity contribution in [2.45, 2.75) is 19.0 Å². The number of amides is 2. The normalized spacial score (nSPS) is 18.3. The molecule has 8 heteroatoms. The van der Waals surface area contributed by atoms with Crippen molar-refractivity contribution in [2.24, 2.45) is 0 Å². The van der Waals surface area contributed by atoms with Crippen molar-refractivity contribution in [2.75, 3.05) is 33.4 Å². The summed E-state index contributed by atoms with van der Waals surface area (Å²) in [6, 6.07) is 2.99. The zero-order valence-corrected chi connectivity index (χ0v) is 13.5. The van der Waals surface area contributed by atoms with Crippen LogP contribution in [0.3, 0.4) is 0 Å². The van der Waals surface area contributed by atoms with Gasteiger partial charge in [0.25, 0.3) is 0 Å². The molecule has 1 saturated heterocycles. The number of piperazine rings is 1. The number of nitrogens with zero attached hydrogens (tertiary/aromatic N) is 1. The quantitative estimate of drug-likeness (QED) is 0.705. The van der Waals surface area contributed by atoms with Crippen molar-refractivity contribution in [3.63, 3.8) is 0 Å². The highest BCUT2D eigenvalue weighted by Gasteiger charge is 2.31. The summed E-state index contributed by atoms with van der Waals surface area (Å²) in [5.41, 5.74) is 0.549. The van der Waals surface area contributed by atoms with Crippen LogP contribution in [0.1, 0.15) is 12.0 Å². The van der Waals surface area contributed by atoms with Crippen molar-refractivity contribution in [1.29, 1.82) is 0 Å². The molecule has 1 heterocycles. The number of nitrogens with one attached hydrogen (secondary N) is 2. The van der Waals surface area contributed by atoms with E-state index in [1.54, 1.807) is 4.90 Å². The Balaban J connectivity index is 2.01. The van der Waals surface area contributed by atoms with Crippen molar-refractivity contribution in [3.05, 3.63) is 35.4 Å². The van der Waals surface area contributed by atoms with Crippen molar-refractivity contribution < 1.29 is 23.1 Å². The van der Waals surface area contributed by atoms with E-state index in [0.29, 0.717) is 31.8 Å². The van der Waals surface area contributed by atoms with Gasteiger partial charge in [-0.05, 0) is 17.7 Å². The van der Waals surface area contributed by atoms with Gasteiger partial charge in [0.1, 0.15) is 0 Å². The lowest BCUT2D eigenvalue weighted by Gasteiger charge is -2.34. The zero-order chi connectivity index (χ0) is 17.5. The van der Waals surface area contributed by atoms with Gasteiger partial charge in [0.05, 0.1) is 19.1 Å². The Morgan fingerprint density at radius 1 is 1.42 bits per heavy atom. The van der Waals surface area contributed by atoms with E-state index < -0.39 is 17.7 Å². The molecule has 0 spiro atoms. The molecule has 1 aromatic rings. The number of methoxy groups -OCH3 is 1. The fourth-order valence-corrected chi connectivity index (χ4v) is 2.59. The van der Waals surface area contributed by atoms with Crippen molar-refractivity contribution in [1.82, 2.24) is 15.5 Å². The van der Waals surface area contributed by atoms with E-state index in [4.69, 9.17) is 4.74 Å². The van der Waals surface area contributed by atoms with Crippen LogP contribution < -0.4 is 10.6 Å². The van der Waals surface area contributed by atoms with Gasteiger partial charge in [-0.1, -0.05) is 6.07 Å². The standard InChI is InChI=1S/C16H21F2N3O3/c1-24-7-5-19-15(22)9-14-16(23)20-4-6-21(14)10-11-2-3-12(17)13(18)8-11/h2-3,8,14H,4-7,9-10H2,1H3,(H,19,22)(H,20,23)/t14-/m0/s1. The molecule has 2 amide bonds. The van der Waals surface area contributed by atoms with Gasteiger partial charge in [0.2, 0.25) is 11.8 Å². The smallest absolute Gasteiger partial charge is 0.237 e. The second kappa shape index (κ2) is 8.70. The Bertz CT molecular complexity index is 598. The van der Waals surface area contributed by atoms with E-state index in [1.807, 2.05) is 0 Å². The molecule has 2 rings (SSSR count). The van der Waals surface area contributed by atoms with Crippen LogP contribution in [-0.4, -0.2) is 56.1 Å². The minimum Gasteiger partial charge on any atom is -0.383 e. The number of rotatable bonds is 7. The molecule has 0 aliphatic carbocycles. The fourth-order valence-electron chi connectivity index (χ4n) is 2.59. The molecule has 24 heavy (non-hydrogen) atoms. The summed E-state index contributed by atoms with van der Waals surface area (Å²) in [7, 11) is 1.53. The third-order valence-electron chi connectivity index (χ3n) is 3.82. The topological polar surface area (TPSA) is 70.7 Å². The van der Waals surface area contributed by atoms with Crippen LogP contribution in [0.25, 0.3) is 0 Å². The van der Waals surface area contributed by atoms with E-state index in [-0.39, 0.29) is 24.8 Å². The fraction of sp³-hybridized carbons (Fsp3) is 0.500. The minimum atomic E-state index is -0.928. The molecule has 0 radical (unpaired) electrons. The highest BCUT2D eigenvalue weighted by molar-refractivity contribution is 5.88. The molecule has 2 N–H and O–H groups in total. The highest BCUT2D eigenvalue weighted by atomic mass is 19.2. The number of hydrogen-bond acceptors (Lipinski definition) is 4.